The van der Waals surface area contributed by atoms with Crippen molar-refractivity contribution in [1.29, 1.82) is 0 Å². The zero-order valence-corrected chi connectivity index (χ0v) is 14.9. The summed E-state index contributed by atoms with van der Waals surface area (Å²) in [6.07, 6.45) is 14.9. The lowest BCUT2D eigenvalue weighted by Gasteiger charge is -2.11. The van der Waals surface area contributed by atoms with Crippen LogP contribution in [0.2, 0.25) is 0 Å². The third kappa shape index (κ3) is 8.82. The first-order valence-corrected chi connectivity index (χ1v) is 9.23. The average molecular weight is 335 g/mol. The Kier molecular flexibility index (Phi) is 10.8. The highest BCUT2D eigenvalue weighted by Crippen LogP contribution is 2.27. The fourth-order valence-electron chi connectivity index (χ4n) is 2.61. The summed E-state index contributed by atoms with van der Waals surface area (Å²) >= 11 is 0. The molecule has 1 aromatic rings. The molecule has 1 unspecified atom stereocenters. The molecule has 0 aliphatic heterocycles. The Labute approximate surface area is 146 Å². The summed E-state index contributed by atoms with van der Waals surface area (Å²) in [6, 6.07) is 4.36. The van der Waals surface area contributed by atoms with Gasteiger partial charge in [0.15, 0.2) is 11.5 Å². The Balaban J connectivity index is 2.03. The van der Waals surface area contributed by atoms with Crippen LogP contribution < -0.4 is 5.32 Å². The van der Waals surface area contributed by atoms with E-state index in [2.05, 4.69) is 18.3 Å². The van der Waals surface area contributed by atoms with E-state index in [0.29, 0.717) is 12.1 Å². The first-order chi connectivity index (χ1) is 11.6. The fraction of sp³-hybridized carbons (Fsp3) is 0.600. The molecule has 0 radical (unpaired) electrons. The van der Waals surface area contributed by atoms with Crippen molar-refractivity contribution in [1.82, 2.24) is 5.32 Å². The second-order valence-corrected chi connectivity index (χ2v) is 6.34. The third-order valence-electron chi connectivity index (χ3n) is 4.16. The summed E-state index contributed by atoms with van der Waals surface area (Å²) in [6.45, 7) is 2.62. The zero-order chi connectivity index (χ0) is 17.6. The van der Waals surface area contributed by atoms with Gasteiger partial charge in [-0.25, -0.2) is 0 Å². The number of aliphatic hydroxyl groups excluding tert-OH is 1. The minimum atomic E-state index is -0.718. The van der Waals surface area contributed by atoms with Crippen molar-refractivity contribution in [3.05, 3.63) is 36.0 Å². The van der Waals surface area contributed by atoms with Crippen LogP contribution in [0, 0.1) is 0 Å². The largest absolute Gasteiger partial charge is 0.504 e. The van der Waals surface area contributed by atoms with Crippen LogP contribution >= 0.6 is 0 Å². The van der Waals surface area contributed by atoms with Crippen LogP contribution in [0.4, 0.5) is 0 Å². The van der Waals surface area contributed by atoms with Gasteiger partial charge in [-0.3, -0.25) is 0 Å². The lowest BCUT2D eigenvalue weighted by Crippen LogP contribution is -2.15. The van der Waals surface area contributed by atoms with Crippen LogP contribution in [0.5, 0.6) is 11.5 Å². The van der Waals surface area contributed by atoms with Crippen molar-refractivity contribution < 1.29 is 15.3 Å². The van der Waals surface area contributed by atoms with Gasteiger partial charge >= 0.3 is 0 Å². The number of aromatic hydroxyl groups is 2. The molecule has 24 heavy (non-hydrogen) atoms. The van der Waals surface area contributed by atoms with E-state index in [4.69, 9.17) is 0 Å². The number of phenols is 2. The quantitative estimate of drug-likeness (QED) is 0.310. The molecule has 0 aliphatic carbocycles. The van der Waals surface area contributed by atoms with E-state index in [1.54, 1.807) is 6.07 Å². The number of phenolic OH excluding ortho intramolecular Hbond substituents is 2. The van der Waals surface area contributed by atoms with Crippen LogP contribution in [-0.2, 0) is 0 Å². The minimum absolute atomic E-state index is 0.177. The van der Waals surface area contributed by atoms with Gasteiger partial charge in [0.1, 0.15) is 0 Å². The number of rotatable bonds is 13. The second kappa shape index (κ2) is 12.7. The van der Waals surface area contributed by atoms with Crippen molar-refractivity contribution in [3.8, 4) is 11.5 Å². The smallest absolute Gasteiger partial charge is 0.157 e. The van der Waals surface area contributed by atoms with Crippen LogP contribution in [0.25, 0.3) is 0 Å². The highest BCUT2D eigenvalue weighted by atomic mass is 16.3. The van der Waals surface area contributed by atoms with Gasteiger partial charge in [-0.05, 0) is 36.7 Å². The molecule has 0 aliphatic rings. The van der Waals surface area contributed by atoms with Gasteiger partial charge in [0.25, 0.3) is 0 Å². The molecule has 0 bridgehead atoms. The van der Waals surface area contributed by atoms with Crippen molar-refractivity contribution in [2.24, 2.45) is 0 Å². The van der Waals surface area contributed by atoms with Crippen molar-refractivity contribution in [3.63, 3.8) is 0 Å². The van der Waals surface area contributed by atoms with Crippen LogP contribution in [-0.4, -0.2) is 21.9 Å². The normalized spacial score (nSPS) is 12.6. The topological polar surface area (TPSA) is 72.7 Å². The fourth-order valence-corrected chi connectivity index (χ4v) is 2.61. The molecule has 0 heterocycles. The van der Waals surface area contributed by atoms with E-state index in [0.717, 1.165) is 6.42 Å². The van der Waals surface area contributed by atoms with E-state index >= 15 is 0 Å². The zero-order valence-electron chi connectivity index (χ0n) is 14.9. The van der Waals surface area contributed by atoms with E-state index < -0.39 is 6.10 Å². The number of nitrogens with one attached hydrogen (secondary N) is 1. The Morgan fingerprint density at radius 1 is 0.958 bits per heavy atom. The summed E-state index contributed by atoms with van der Waals surface area (Å²) in [4.78, 5) is 0. The lowest BCUT2D eigenvalue weighted by atomic mass is 10.1. The van der Waals surface area contributed by atoms with Crippen molar-refractivity contribution in [2.45, 2.75) is 70.8 Å². The maximum Gasteiger partial charge on any atom is 0.157 e. The summed E-state index contributed by atoms with van der Waals surface area (Å²) in [5.74, 6) is -0.388. The molecular formula is C20H33NO3. The number of allylic oxidation sites excluding steroid dienone is 1. The molecule has 1 aromatic carbocycles. The van der Waals surface area contributed by atoms with Crippen LogP contribution in [0.15, 0.2) is 30.5 Å². The predicted octanol–water partition coefficient (Wildman–Crippen LogP) is 4.77. The molecule has 0 aromatic heterocycles. The molecule has 4 nitrogen and oxygen atoms in total. The highest BCUT2D eigenvalue weighted by Gasteiger charge is 2.08. The molecule has 4 N–H and O–H groups in total. The van der Waals surface area contributed by atoms with Gasteiger partial charge in [0.2, 0.25) is 0 Å². The number of benzene rings is 1. The number of aliphatic hydroxyl groups is 1. The lowest BCUT2D eigenvalue weighted by molar-refractivity contribution is 0.179. The van der Waals surface area contributed by atoms with Gasteiger partial charge in [-0.2, -0.15) is 0 Å². The predicted molar refractivity (Wildman–Crippen MR) is 99.1 cm³/mol. The minimum Gasteiger partial charge on any atom is -0.504 e. The van der Waals surface area contributed by atoms with Crippen molar-refractivity contribution >= 4 is 0 Å². The molecule has 0 fully saturated rings. The molecule has 0 saturated carbocycles. The van der Waals surface area contributed by atoms with Crippen LogP contribution in [0.3, 0.4) is 0 Å². The molecule has 0 spiro atoms. The highest BCUT2D eigenvalue weighted by molar-refractivity contribution is 5.41. The van der Waals surface area contributed by atoms with E-state index in [1.807, 2.05) is 6.20 Å². The van der Waals surface area contributed by atoms with Gasteiger partial charge in [0.05, 0.1) is 6.10 Å². The third-order valence-corrected chi connectivity index (χ3v) is 4.16. The SMILES string of the molecule is CCCCCCCCCCC=CNCC(O)c1ccc(O)c(O)c1. The molecular weight excluding hydrogens is 302 g/mol. The van der Waals surface area contributed by atoms with Crippen molar-refractivity contribution in [2.75, 3.05) is 6.54 Å². The molecule has 0 saturated heterocycles. The standard InChI is InChI=1S/C20H33NO3/c1-2-3-4-5-6-7-8-9-10-11-14-21-16-20(24)17-12-13-18(22)19(23)15-17/h11-15,20-24H,2-10,16H2,1H3. The maximum atomic E-state index is 10.0. The Bertz CT molecular complexity index is 474. The van der Waals surface area contributed by atoms with Gasteiger partial charge in [0, 0.05) is 6.54 Å². The van der Waals surface area contributed by atoms with Gasteiger partial charge in [-0.1, -0.05) is 64.0 Å². The number of hydrogen-bond acceptors (Lipinski definition) is 4. The Morgan fingerprint density at radius 3 is 2.29 bits per heavy atom. The average Bonchev–Trinajstić information content (AvgIpc) is 2.58. The maximum absolute atomic E-state index is 10.0. The first-order valence-electron chi connectivity index (χ1n) is 9.23. The van der Waals surface area contributed by atoms with E-state index in [9.17, 15) is 15.3 Å². The van der Waals surface area contributed by atoms with E-state index in [-0.39, 0.29) is 11.5 Å². The molecule has 4 heteroatoms. The van der Waals surface area contributed by atoms with Gasteiger partial charge < -0.3 is 20.6 Å². The number of unbranched alkanes of at least 4 members (excludes halogenated alkanes) is 8. The molecule has 0 amide bonds. The summed E-state index contributed by atoms with van der Waals surface area (Å²) in [5.41, 5.74) is 0.578. The monoisotopic (exact) mass is 335 g/mol. The summed E-state index contributed by atoms with van der Waals surface area (Å²) < 4.78 is 0. The summed E-state index contributed by atoms with van der Waals surface area (Å²) in [5, 5.41) is 31.8. The first kappa shape index (κ1) is 20.4. The molecule has 1 rings (SSSR count). The molecule has 136 valence electrons. The van der Waals surface area contributed by atoms with E-state index in [1.165, 1.54) is 63.5 Å². The Hall–Kier alpha value is -1.68. The Morgan fingerprint density at radius 2 is 1.62 bits per heavy atom. The molecule has 1 atom stereocenters. The van der Waals surface area contributed by atoms with Crippen LogP contribution in [0.1, 0.15) is 76.4 Å². The number of hydrogen-bond donors (Lipinski definition) is 4. The summed E-state index contributed by atoms with van der Waals surface area (Å²) in [7, 11) is 0. The van der Waals surface area contributed by atoms with Gasteiger partial charge in [-0.15, -0.1) is 0 Å². The second-order valence-electron chi connectivity index (χ2n) is 6.34.